The van der Waals surface area contributed by atoms with Crippen molar-refractivity contribution in [3.63, 3.8) is 0 Å². The Labute approximate surface area is 106 Å². The molecule has 3 heteroatoms. The Morgan fingerprint density at radius 1 is 1.29 bits per heavy atom. The van der Waals surface area contributed by atoms with E-state index in [2.05, 4.69) is 51.3 Å². The van der Waals surface area contributed by atoms with Gasteiger partial charge < -0.3 is 10.1 Å². The van der Waals surface area contributed by atoms with E-state index in [1.54, 1.807) is 0 Å². The lowest BCUT2D eigenvalue weighted by atomic mass is 9.73. The lowest BCUT2D eigenvalue weighted by Crippen LogP contribution is -2.36. The van der Waals surface area contributed by atoms with Crippen molar-refractivity contribution in [3.05, 3.63) is 12.8 Å². The monoisotopic (exact) mass is 241 g/mol. The first-order chi connectivity index (χ1) is 7.72. The molecule has 0 heterocycles. The fourth-order valence-corrected chi connectivity index (χ4v) is 2.55. The summed E-state index contributed by atoms with van der Waals surface area (Å²) in [5.74, 6) is 0. The van der Waals surface area contributed by atoms with Gasteiger partial charge in [-0.1, -0.05) is 47.6 Å². The highest BCUT2D eigenvalue weighted by atomic mass is 16.5. The average Bonchev–Trinajstić information content (AvgIpc) is 2.13. The number of hydrogen-bond donors (Lipinski definition) is 1. The maximum Gasteiger partial charge on any atom is 0.412 e. The minimum absolute atomic E-state index is 0.0683. The molecule has 0 aromatic heterocycles. The molecule has 100 valence electrons. The molecule has 0 fully saturated rings. The molecular weight excluding hydrogens is 214 g/mol. The van der Waals surface area contributed by atoms with Crippen molar-refractivity contribution in [1.29, 1.82) is 0 Å². The van der Waals surface area contributed by atoms with E-state index in [4.69, 9.17) is 0 Å². The first-order valence-corrected chi connectivity index (χ1v) is 6.28. The van der Waals surface area contributed by atoms with Crippen LogP contribution in [0.25, 0.3) is 0 Å². The first kappa shape index (κ1) is 16.0. The summed E-state index contributed by atoms with van der Waals surface area (Å²) in [6, 6.07) is 0. The summed E-state index contributed by atoms with van der Waals surface area (Å²) in [6.45, 7) is 15.1. The van der Waals surface area contributed by atoms with E-state index in [0.717, 1.165) is 12.7 Å². The van der Waals surface area contributed by atoms with Gasteiger partial charge in [-0.15, -0.1) is 0 Å². The molecule has 0 aliphatic carbocycles. The van der Waals surface area contributed by atoms with Crippen LogP contribution in [0.2, 0.25) is 0 Å². The molecule has 0 unspecified atom stereocenters. The predicted octanol–water partition coefficient (Wildman–Crippen LogP) is 4.10. The van der Waals surface area contributed by atoms with Gasteiger partial charge in [0.1, 0.15) is 0 Å². The Bertz CT molecular complexity index is 257. The van der Waals surface area contributed by atoms with Crippen LogP contribution in [0.15, 0.2) is 12.8 Å². The average molecular weight is 241 g/mol. The van der Waals surface area contributed by atoms with E-state index in [9.17, 15) is 4.79 Å². The van der Waals surface area contributed by atoms with Crippen LogP contribution in [0, 0.1) is 10.8 Å². The Kier molecular flexibility index (Phi) is 6.29. The van der Waals surface area contributed by atoms with Crippen molar-refractivity contribution in [2.45, 2.75) is 53.9 Å². The van der Waals surface area contributed by atoms with E-state index < -0.39 is 6.09 Å². The molecule has 0 aromatic rings. The fraction of sp³-hybridized carbons (Fsp3) is 0.786. The van der Waals surface area contributed by atoms with Crippen molar-refractivity contribution in [1.82, 2.24) is 5.32 Å². The number of hydrogen-bond acceptors (Lipinski definition) is 2. The zero-order valence-corrected chi connectivity index (χ0v) is 11.9. The van der Waals surface area contributed by atoms with Crippen molar-refractivity contribution in [2.24, 2.45) is 10.8 Å². The third kappa shape index (κ3) is 7.83. The third-order valence-corrected chi connectivity index (χ3v) is 2.79. The number of carbonyl (C=O) groups excluding carboxylic acids is 1. The summed E-state index contributed by atoms with van der Waals surface area (Å²) in [5, 5.41) is 2.76. The molecule has 0 spiro atoms. The second-order valence-electron chi connectivity index (χ2n) is 6.18. The summed E-state index contributed by atoms with van der Waals surface area (Å²) in [6.07, 6.45) is 4.18. The summed E-state index contributed by atoms with van der Waals surface area (Å²) >= 11 is 0. The number of amides is 1. The molecule has 17 heavy (non-hydrogen) atoms. The second kappa shape index (κ2) is 6.67. The van der Waals surface area contributed by atoms with E-state index >= 15 is 0 Å². The highest BCUT2D eigenvalue weighted by Crippen LogP contribution is 2.36. The molecule has 0 aliphatic heterocycles. The van der Waals surface area contributed by atoms with Gasteiger partial charge in [0.05, 0.1) is 6.26 Å². The molecule has 0 radical (unpaired) electrons. The normalized spacial score (nSPS) is 12.1. The van der Waals surface area contributed by atoms with Gasteiger partial charge in [0.2, 0.25) is 0 Å². The van der Waals surface area contributed by atoms with Crippen LogP contribution in [0.1, 0.15) is 53.9 Å². The van der Waals surface area contributed by atoms with E-state index in [1.165, 1.54) is 12.8 Å². The molecule has 0 atom stereocenters. The molecule has 0 bridgehead atoms. The predicted molar refractivity (Wildman–Crippen MR) is 71.8 cm³/mol. The number of carbonyl (C=O) groups is 1. The molecule has 0 saturated carbocycles. The highest BCUT2D eigenvalue weighted by molar-refractivity contribution is 5.67. The smallest absolute Gasteiger partial charge is 0.412 e. The van der Waals surface area contributed by atoms with Crippen LogP contribution in [0.5, 0.6) is 0 Å². The summed E-state index contributed by atoms with van der Waals surface area (Å²) in [4.78, 5) is 11.2. The van der Waals surface area contributed by atoms with Gasteiger partial charge in [0, 0.05) is 6.54 Å². The van der Waals surface area contributed by atoms with E-state index in [0.29, 0.717) is 12.0 Å². The molecular formula is C14H27NO2. The summed E-state index contributed by atoms with van der Waals surface area (Å²) < 4.78 is 4.63. The quantitative estimate of drug-likeness (QED) is 0.681. The van der Waals surface area contributed by atoms with E-state index in [-0.39, 0.29) is 5.41 Å². The number of alkyl carbamates (subject to hydrolysis) is 1. The second-order valence-corrected chi connectivity index (χ2v) is 6.18. The number of ether oxygens (including phenoxy) is 1. The van der Waals surface area contributed by atoms with Crippen LogP contribution in [-0.2, 0) is 4.74 Å². The molecule has 0 saturated heterocycles. The first-order valence-electron chi connectivity index (χ1n) is 6.28. The molecule has 1 N–H and O–H groups in total. The SMILES string of the molecule is C=COC(=O)NCC(C)(C)CC(C)(C)CCC. The maximum absolute atomic E-state index is 11.2. The number of rotatable bonds is 7. The Balaban J connectivity index is 4.19. The van der Waals surface area contributed by atoms with Gasteiger partial charge in [0.15, 0.2) is 0 Å². The summed E-state index contributed by atoms with van der Waals surface area (Å²) in [5.41, 5.74) is 0.376. The lowest BCUT2D eigenvalue weighted by molar-refractivity contribution is 0.157. The summed E-state index contributed by atoms with van der Waals surface area (Å²) in [7, 11) is 0. The molecule has 0 rings (SSSR count). The van der Waals surface area contributed by atoms with Crippen molar-refractivity contribution < 1.29 is 9.53 Å². The van der Waals surface area contributed by atoms with Crippen LogP contribution < -0.4 is 5.32 Å². The van der Waals surface area contributed by atoms with Gasteiger partial charge in [-0.05, 0) is 23.7 Å². The lowest BCUT2D eigenvalue weighted by Gasteiger charge is -2.34. The highest BCUT2D eigenvalue weighted by Gasteiger charge is 2.28. The van der Waals surface area contributed by atoms with Crippen LogP contribution in [0.4, 0.5) is 4.79 Å². The number of nitrogens with one attached hydrogen (secondary N) is 1. The van der Waals surface area contributed by atoms with Crippen LogP contribution in [0.3, 0.4) is 0 Å². The van der Waals surface area contributed by atoms with Gasteiger partial charge in [-0.25, -0.2) is 4.79 Å². The molecule has 3 nitrogen and oxygen atoms in total. The largest absolute Gasteiger partial charge is 0.419 e. The Morgan fingerprint density at radius 2 is 1.88 bits per heavy atom. The minimum Gasteiger partial charge on any atom is -0.419 e. The van der Waals surface area contributed by atoms with Gasteiger partial charge in [-0.3, -0.25) is 0 Å². The Morgan fingerprint density at radius 3 is 2.35 bits per heavy atom. The fourth-order valence-electron chi connectivity index (χ4n) is 2.55. The topological polar surface area (TPSA) is 38.3 Å². The Hall–Kier alpha value is -0.990. The minimum atomic E-state index is -0.429. The van der Waals surface area contributed by atoms with Crippen molar-refractivity contribution >= 4 is 6.09 Å². The van der Waals surface area contributed by atoms with Crippen LogP contribution in [-0.4, -0.2) is 12.6 Å². The van der Waals surface area contributed by atoms with Crippen molar-refractivity contribution in [3.8, 4) is 0 Å². The molecule has 1 amide bonds. The van der Waals surface area contributed by atoms with Gasteiger partial charge in [0.25, 0.3) is 0 Å². The van der Waals surface area contributed by atoms with Crippen molar-refractivity contribution in [2.75, 3.05) is 6.54 Å². The van der Waals surface area contributed by atoms with Gasteiger partial charge in [-0.2, -0.15) is 0 Å². The van der Waals surface area contributed by atoms with E-state index in [1.807, 2.05) is 0 Å². The zero-order chi connectivity index (χ0) is 13.5. The zero-order valence-electron chi connectivity index (χ0n) is 11.9. The molecule has 0 aliphatic rings. The third-order valence-electron chi connectivity index (χ3n) is 2.79. The van der Waals surface area contributed by atoms with Gasteiger partial charge >= 0.3 is 6.09 Å². The van der Waals surface area contributed by atoms with Crippen LogP contribution >= 0.6 is 0 Å². The standard InChI is InChI=1S/C14H27NO2/c1-7-9-13(3,4)10-14(5,6)11-15-12(16)17-8-2/h8H,2,7,9-11H2,1,3-6H3,(H,15,16). The maximum atomic E-state index is 11.2. The molecule has 0 aromatic carbocycles.